The SMILES string of the molecule is CCOc1ccc(C(=O)NC(Cc2ccccc2)C2CC2)cc1. The molecule has 120 valence electrons. The van der Waals surface area contributed by atoms with Crippen LogP contribution in [0.3, 0.4) is 0 Å². The number of amides is 1. The summed E-state index contributed by atoms with van der Waals surface area (Å²) in [6.45, 7) is 2.58. The van der Waals surface area contributed by atoms with E-state index in [2.05, 4.69) is 17.4 Å². The predicted molar refractivity (Wildman–Crippen MR) is 91.7 cm³/mol. The third-order valence-electron chi connectivity index (χ3n) is 4.23. The molecular weight excluding hydrogens is 286 g/mol. The summed E-state index contributed by atoms with van der Waals surface area (Å²) in [5, 5.41) is 3.22. The molecule has 3 rings (SSSR count). The summed E-state index contributed by atoms with van der Waals surface area (Å²) >= 11 is 0. The van der Waals surface area contributed by atoms with Crippen molar-refractivity contribution in [2.24, 2.45) is 5.92 Å². The first kappa shape index (κ1) is 15.6. The van der Waals surface area contributed by atoms with Crippen molar-refractivity contribution in [1.29, 1.82) is 0 Å². The molecule has 3 nitrogen and oxygen atoms in total. The van der Waals surface area contributed by atoms with Crippen molar-refractivity contribution in [3.63, 3.8) is 0 Å². The van der Waals surface area contributed by atoms with E-state index in [9.17, 15) is 4.79 Å². The van der Waals surface area contributed by atoms with Gasteiger partial charge in [0.2, 0.25) is 0 Å². The van der Waals surface area contributed by atoms with Gasteiger partial charge in [0.1, 0.15) is 5.75 Å². The van der Waals surface area contributed by atoms with Crippen LogP contribution in [0.4, 0.5) is 0 Å². The summed E-state index contributed by atoms with van der Waals surface area (Å²) in [6, 6.07) is 17.9. The maximum atomic E-state index is 12.5. The van der Waals surface area contributed by atoms with Gasteiger partial charge in [-0.3, -0.25) is 4.79 Å². The molecule has 0 spiro atoms. The molecule has 0 heterocycles. The number of carbonyl (C=O) groups is 1. The number of carbonyl (C=O) groups excluding carboxylic acids is 1. The van der Waals surface area contributed by atoms with Gasteiger partial charge in [0.25, 0.3) is 5.91 Å². The van der Waals surface area contributed by atoms with E-state index in [0.29, 0.717) is 18.1 Å². The lowest BCUT2D eigenvalue weighted by atomic mass is 10.0. The van der Waals surface area contributed by atoms with Gasteiger partial charge in [-0.1, -0.05) is 30.3 Å². The topological polar surface area (TPSA) is 38.3 Å². The van der Waals surface area contributed by atoms with Crippen molar-refractivity contribution >= 4 is 5.91 Å². The van der Waals surface area contributed by atoms with Gasteiger partial charge in [-0.2, -0.15) is 0 Å². The number of hydrogen-bond donors (Lipinski definition) is 1. The van der Waals surface area contributed by atoms with E-state index in [-0.39, 0.29) is 11.9 Å². The maximum absolute atomic E-state index is 12.5. The monoisotopic (exact) mass is 309 g/mol. The van der Waals surface area contributed by atoms with Crippen LogP contribution in [0.25, 0.3) is 0 Å². The van der Waals surface area contributed by atoms with Gasteiger partial charge >= 0.3 is 0 Å². The van der Waals surface area contributed by atoms with Crippen LogP contribution in [0.5, 0.6) is 5.75 Å². The Morgan fingerprint density at radius 1 is 1.13 bits per heavy atom. The van der Waals surface area contributed by atoms with Gasteiger partial charge < -0.3 is 10.1 Å². The number of rotatable bonds is 7. The quantitative estimate of drug-likeness (QED) is 0.844. The molecule has 1 aliphatic rings. The maximum Gasteiger partial charge on any atom is 0.251 e. The van der Waals surface area contributed by atoms with Gasteiger partial charge in [-0.05, 0) is 61.9 Å². The summed E-state index contributed by atoms with van der Waals surface area (Å²) in [6.07, 6.45) is 3.32. The molecule has 0 saturated heterocycles. The van der Waals surface area contributed by atoms with Gasteiger partial charge in [-0.25, -0.2) is 0 Å². The Morgan fingerprint density at radius 2 is 1.83 bits per heavy atom. The van der Waals surface area contributed by atoms with E-state index in [1.165, 1.54) is 18.4 Å². The molecule has 0 aliphatic heterocycles. The zero-order chi connectivity index (χ0) is 16.1. The molecule has 1 aliphatic carbocycles. The molecule has 0 aromatic heterocycles. The lowest BCUT2D eigenvalue weighted by Crippen LogP contribution is -2.38. The zero-order valence-electron chi connectivity index (χ0n) is 13.5. The van der Waals surface area contributed by atoms with Gasteiger partial charge in [0, 0.05) is 11.6 Å². The third-order valence-corrected chi connectivity index (χ3v) is 4.23. The summed E-state index contributed by atoms with van der Waals surface area (Å²) in [5.41, 5.74) is 1.96. The second-order valence-electron chi connectivity index (χ2n) is 6.06. The second kappa shape index (κ2) is 7.32. The fourth-order valence-electron chi connectivity index (χ4n) is 2.82. The Labute approximate surface area is 137 Å². The van der Waals surface area contributed by atoms with E-state index in [1.807, 2.05) is 49.4 Å². The lowest BCUT2D eigenvalue weighted by Gasteiger charge is -2.18. The first-order valence-corrected chi connectivity index (χ1v) is 8.34. The molecule has 1 fully saturated rings. The van der Waals surface area contributed by atoms with E-state index < -0.39 is 0 Å². The molecule has 2 aromatic carbocycles. The van der Waals surface area contributed by atoms with Gasteiger partial charge in [0.15, 0.2) is 0 Å². The molecule has 1 amide bonds. The van der Waals surface area contributed by atoms with Gasteiger partial charge in [0.05, 0.1) is 6.61 Å². The highest BCUT2D eigenvalue weighted by atomic mass is 16.5. The number of hydrogen-bond acceptors (Lipinski definition) is 2. The summed E-state index contributed by atoms with van der Waals surface area (Å²) in [4.78, 5) is 12.5. The minimum atomic E-state index is 0.000814. The van der Waals surface area contributed by atoms with Crippen molar-refractivity contribution in [2.45, 2.75) is 32.2 Å². The van der Waals surface area contributed by atoms with Crippen LogP contribution in [0.1, 0.15) is 35.7 Å². The minimum Gasteiger partial charge on any atom is -0.494 e. The molecule has 3 heteroatoms. The van der Waals surface area contributed by atoms with Crippen LogP contribution in [-0.2, 0) is 6.42 Å². The number of nitrogens with one attached hydrogen (secondary N) is 1. The van der Waals surface area contributed by atoms with Crippen molar-refractivity contribution < 1.29 is 9.53 Å². The van der Waals surface area contributed by atoms with Gasteiger partial charge in [-0.15, -0.1) is 0 Å². The van der Waals surface area contributed by atoms with Crippen LogP contribution in [0.2, 0.25) is 0 Å². The predicted octanol–water partition coefficient (Wildman–Crippen LogP) is 3.84. The largest absolute Gasteiger partial charge is 0.494 e. The van der Waals surface area contributed by atoms with Crippen LogP contribution in [0.15, 0.2) is 54.6 Å². The first-order chi connectivity index (χ1) is 11.3. The van der Waals surface area contributed by atoms with Crippen molar-refractivity contribution in [2.75, 3.05) is 6.61 Å². The molecule has 1 unspecified atom stereocenters. The van der Waals surface area contributed by atoms with Crippen molar-refractivity contribution in [3.05, 3.63) is 65.7 Å². The summed E-state index contributed by atoms with van der Waals surface area (Å²) in [7, 11) is 0. The highest BCUT2D eigenvalue weighted by Crippen LogP contribution is 2.34. The van der Waals surface area contributed by atoms with Crippen molar-refractivity contribution in [3.8, 4) is 5.75 Å². The molecule has 1 saturated carbocycles. The standard InChI is InChI=1S/C20H23NO2/c1-2-23-18-12-10-17(11-13-18)20(22)21-19(16-8-9-16)14-15-6-4-3-5-7-15/h3-7,10-13,16,19H,2,8-9,14H2,1H3,(H,21,22). The molecule has 2 aromatic rings. The van der Waals surface area contributed by atoms with E-state index in [0.717, 1.165) is 12.2 Å². The molecule has 1 atom stereocenters. The Kier molecular flexibility index (Phi) is 4.96. The fourth-order valence-corrected chi connectivity index (χ4v) is 2.82. The second-order valence-corrected chi connectivity index (χ2v) is 6.06. The third kappa shape index (κ3) is 4.35. The highest BCUT2D eigenvalue weighted by molar-refractivity contribution is 5.94. The Balaban J connectivity index is 1.64. The molecule has 0 radical (unpaired) electrons. The van der Waals surface area contributed by atoms with Crippen LogP contribution >= 0.6 is 0 Å². The summed E-state index contributed by atoms with van der Waals surface area (Å²) < 4.78 is 5.42. The molecule has 23 heavy (non-hydrogen) atoms. The fraction of sp³-hybridized carbons (Fsp3) is 0.350. The summed E-state index contributed by atoms with van der Waals surface area (Å²) in [5.74, 6) is 1.41. The first-order valence-electron chi connectivity index (χ1n) is 8.34. The van der Waals surface area contributed by atoms with Crippen molar-refractivity contribution in [1.82, 2.24) is 5.32 Å². The van der Waals surface area contributed by atoms with Crippen LogP contribution in [0, 0.1) is 5.92 Å². The smallest absolute Gasteiger partial charge is 0.251 e. The molecule has 1 N–H and O–H groups in total. The Bertz CT molecular complexity index is 632. The number of benzene rings is 2. The molecular formula is C20H23NO2. The Morgan fingerprint density at radius 3 is 2.43 bits per heavy atom. The normalized spacial score (nSPS) is 15.0. The van der Waals surface area contributed by atoms with E-state index in [1.54, 1.807) is 0 Å². The van der Waals surface area contributed by atoms with Crippen LogP contribution in [-0.4, -0.2) is 18.6 Å². The van der Waals surface area contributed by atoms with E-state index in [4.69, 9.17) is 4.74 Å². The highest BCUT2D eigenvalue weighted by Gasteiger charge is 2.32. The molecule has 0 bridgehead atoms. The average Bonchev–Trinajstić information content (AvgIpc) is 3.41. The minimum absolute atomic E-state index is 0.000814. The lowest BCUT2D eigenvalue weighted by molar-refractivity contribution is 0.0932. The Hall–Kier alpha value is -2.29. The average molecular weight is 309 g/mol. The number of ether oxygens (including phenoxy) is 1. The van der Waals surface area contributed by atoms with E-state index >= 15 is 0 Å². The van der Waals surface area contributed by atoms with Crippen LogP contribution < -0.4 is 10.1 Å². The zero-order valence-corrected chi connectivity index (χ0v) is 13.5.